The summed E-state index contributed by atoms with van der Waals surface area (Å²) in [5.74, 6) is 0.0972. The van der Waals surface area contributed by atoms with Gasteiger partial charge in [0.15, 0.2) is 9.84 Å². The van der Waals surface area contributed by atoms with Gasteiger partial charge in [0.25, 0.3) is 0 Å². The second-order valence-corrected chi connectivity index (χ2v) is 6.81. The van der Waals surface area contributed by atoms with E-state index in [2.05, 4.69) is 5.32 Å². The van der Waals surface area contributed by atoms with Gasteiger partial charge in [0.05, 0.1) is 23.3 Å². The van der Waals surface area contributed by atoms with Crippen LogP contribution in [0.3, 0.4) is 0 Å². The Hall–Kier alpha value is -0.910. The molecule has 1 aromatic carbocycles. The number of benzene rings is 1. The molecule has 1 aromatic rings. The monoisotopic (exact) mass is 271 g/mol. The van der Waals surface area contributed by atoms with E-state index in [0.29, 0.717) is 4.90 Å². The third-order valence-electron chi connectivity index (χ3n) is 2.74. The molecule has 0 fully saturated rings. The molecule has 2 N–H and O–H groups in total. The lowest BCUT2D eigenvalue weighted by Crippen LogP contribution is -2.30. The maximum absolute atomic E-state index is 11.7. The molecule has 0 bridgehead atoms. The fourth-order valence-electron chi connectivity index (χ4n) is 1.73. The van der Waals surface area contributed by atoms with Crippen LogP contribution in [0.5, 0.6) is 0 Å². The van der Waals surface area contributed by atoms with E-state index in [-0.39, 0.29) is 24.4 Å². The molecular formula is C13H21NO3S. The van der Waals surface area contributed by atoms with E-state index in [1.54, 1.807) is 31.2 Å². The highest BCUT2D eigenvalue weighted by Crippen LogP contribution is 2.17. The van der Waals surface area contributed by atoms with Crippen LogP contribution in [-0.4, -0.2) is 31.9 Å². The molecule has 0 amide bonds. The standard InChI is InChI=1S/C13H21NO3S/c1-4-18(16,17)12-7-5-11(6-8-12)13(9-15)14-10(2)3/h5-8,10,13-15H,4,9H2,1-3H3. The Labute approximate surface area is 109 Å². The molecule has 4 nitrogen and oxygen atoms in total. The van der Waals surface area contributed by atoms with Crippen molar-refractivity contribution in [2.75, 3.05) is 12.4 Å². The number of aliphatic hydroxyl groups excluding tert-OH is 1. The van der Waals surface area contributed by atoms with Gasteiger partial charge in [-0.1, -0.05) is 32.9 Å². The molecule has 5 heteroatoms. The Morgan fingerprint density at radius 2 is 1.78 bits per heavy atom. The highest BCUT2D eigenvalue weighted by molar-refractivity contribution is 7.91. The van der Waals surface area contributed by atoms with Crippen molar-refractivity contribution in [3.8, 4) is 0 Å². The smallest absolute Gasteiger partial charge is 0.178 e. The molecule has 1 unspecified atom stereocenters. The summed E-state index contributed by atoms with van der Waals surface area (Å²) >= 11 is 0. The Kier molecular flexibility index (Phi) is 5.31. The first kappa shape index (κ1) is 15.1. The molecule has 0 saturated carbocycles. The Morgan fingerprint density at radius 3 is 2.17 bits per heavy atom. The predicted molar refractivity (Wildman–Crippen MR) is 72.3 cm³/mol. The van der Waals surface area contributed by atoms with E-state index in [4.69, 9.17) is 0 Å². The van der Waals surface area contributed by atoms with Gasteiger partial charge < -0.3 is 10.4 Å². The van der Waals surface area contributed by atoms with E-state index in [0.717, 1.165) is 5.56 Å². The van der Waals surface area contributed by atoms with Crippen LogP contribution in [0.1, 0.15) is 32.4 Å². The molecule has 102 valence electrons. The van der Waals surface area contributed by atoms with Gasteiger partial charge in [-0.2, -0.15) is 0 Å². The summed E-state index contributed by atoms with van der Waals surface area (Å²) in [5.41, 5.74) is 0.890. The Bertz CT molecular complexity index is 466. The summed E-state index contributed by atoms with van der Waals surface area (Å²) in [6.45, 7) is 5.61. The average molecular weight is 271 g/mol. The topological polar surface area (TPSA) is 66.4 Å². The third kappa shape index (κ3) is 3.80. The minimum Gasteiger partial charge on any atom is -0.394 e. The zero-order chi connectivity index (χ0) is 13.8. The molecule has 1 rings (SSSR count). The normalized spacial score (nSPS) is 13.8. The van der Waals surface area contributed by atoms with Crippen molar-refractivity contribution in [2.24, 2.45) is 0 Å². The lowest BCUT2D eigenvalue weighted by molar-refractivity contribution is 0.237. The van der Waals surface area contributed by atoms with Crippen LogP contribution in [0.2, 0.25) is 0 Å². The molecule has 0 aliphatic carbocycles. The van der Waals surface area contributed by atoms with Crippen molar-refractivity contribution in [3.63, 3.8) is 0 Å². The molecule has 0 heterocycles. The van der Waals surface area contributed by atoms with Crippen LogP contribution in [0, 0.1) is 0 Å². The molecule has 0 aliphatic heterocycles. The van der Waals surface area contributed by atoms with Crippen LogP contribution in [0.15, 0.2) is 29.2 Å². The molecule has 0 spiro atoms. The van der Waals surface area contributed by atoms with Crippen molar-refractivity contribution in [1.82, 2.24) is 5.32 Å². The first-order chi connectivity index (χ1) is 8.40. The van der Waals surface area contributed by atoms with Gasteiger partial charge in [-0.05, 0) is 17.7 Å². The van der Waals surface area contributed by atoms with Gasteiger partial charge in [-0.15, -0.1) is 0 Å². The first-order valence-electron chi connectivity index (χ1n) is 6.10. The van der Waals surface area contributed by atoms with E-state index >= 15 is 0 Å². The van der Waals surface area contributed by atoms with Gasteiger partial charge in [0.2, 0.25) is 0 Å². The largest absolute Gasteiger partial charge is 0.394 e. The molecular weight excluding hydrogens is 250 g/mol. The van der Waals surface area contributed by atoms with E-state index in [9.17, 15) is 13.5 Å². The summed E-state index contributed by atoms with van der Waals surface area (Å²) in [6, 6.07) is 6.78. The summed E-state index contributed by atoms with van der Waals surface area (Å²) in [5, 5.41) is 12.5. The van der Waals surface area contributed by atoms with Gasteiger partial charge in [-0.3, -0.25) is 0 Å². The number of sulfone groups is 1. The number of hydrogen-bond acceptors (Lipinski definition) is 4. The molecule has 0 aromatic heterocycles. The zero-order valence-electron chi connectivity index (χ0n) is 11.1. The van der Waals surface area contributed by atoms with E-state index in [1.807, 2.05) is 13.8 Å². The average Bonchev–Trinajstić information content (AvgIpc) is 2.36. The van der Waals surface area contributed by atoms with Crippen LogP contribution >= 0.6 is 0 Å². The summed E-state index contributed by atoms with van der Waals surface area (Å²) in [7, 11) is -3.15. The number of nitrogens with one attached hydrogen (secondary N) is 1. The zero-order valence-corrected chi connectivity index (χ0v) is 11.9. The van der Waals surface area contributed by atoms with Crippen molar-refractivity contribution in [2.45, 2.75) is 37.8 Å². The summed E-state index contributed by atoms with van der Waals surface area (Å²) in [4.78, 5) is 0.329. The van der Waals surface area contributed by atoms with E-state index in [1.165, 1.54) is 0 Å². The number of hydrogen-bond donors (Lipinski definition) is 2. The molecule has 0 aliphatic rings. The maximum Gasteiger partial charge on any atom is 0.178 e. The maximum atomic E-state index is 11.7. The lowest BCUT2D eigenvalue weighted by atomic mass is 10.1. The van der Waals surface area contributed by atoms with Crippen LogP contribution in [0.25, 0.3) is 0 Å². The van der Waals surface area contributed by atoms with Gasteiger partial charge >= 0.3 is 0 Å². The lowest BCUT2D eigenvalue weighted by Gasteiger charge is -2.19. The van der Waals surface area contributed by atoms with Crippen molar-refractivity contribution >= 4 is 9.84 Å². The molecule has 0 radical (unpaired) electrons. The second kappa shape index (κ2) is 6.31. The Balaban J connectivity index is 2.94. The quantitative estimate of drug-likeness (QED) is 0.823. The van der Waals surface area contributed by atoms with Crippen LogP contribution in [-0.2, 0) is 9.84 Å². The van der Waals surface area contributed by atoms with Gasteiger partial charge in [-0.25, -0.2) is 8.42 Å². The van der Waals surface area contributed by atoms with Crippen molar-refractivity contribution in [3.05, 3.63) is 29.8 Å². The second-order valence-electron chi connectivity index (χ2n) is 4.53. The van der Waals surface area contributed by atoms with Gasteiger partial charge in [0, 0.05) is 6.04 Å². The fraction of sp³-hybridized carbons (Fsp3) is 0.538. The molecule has 0 saturated heterocycles. The predicted octanol–water partition coefficient (Wildman–Crippen LogP) is 1.51. The van der Waals surface area contributed by atoms with Crippen molar-refractivity contribution < 1.29 is 13.5 Å². The summed E-state index contributed by atoms with van der Waals surface area (Å²) < 4.78 is 23.3. The first-order valence-corrected chi connectivity index (χ1v) is 7.75. The van der Waals surface area contributed by atoms with Crippen molar-refractivity contribution in [1.29, 1.82) is 0 Å². The highest BCUT2D eigenvalue weighted by atomic mass is 32.2. The summed E-state index contributed by atoms with van der Waals surface area (Å²) in [6.07, 6.45) is 0. The van der Waals surface area contributed by atoms with Gasteiger partial charge in [0.1, 0.15) is 0 Å². The minimum atomic E-state index is -3.15. The molecule has 18 heavy (non-hydrogen) atoms. The minimum absolute atomic E-state index is 0.0158. The number of aliphatic hydroxyl groups is 1. The van der Waals surface area contributed by atoms with Crippen LogP contribution in [0.4, 0.5) is 0 Å². The van der Waals surface area contributed by atoms with Crippen LogP contribution < -0.4 is 5.32 Å². The number of rotatable bonds is 6. The van der Waals surface area contributed by atoms with E-state index < -0.39 is 9.84 Å². The highest BCUT2D eigenvalue weighted by Gasteiger charge is 2.14. The third-order valence-corrected chi connectivity index (χ3v) is 4.49. The fourth-order valence-corrected chi connectivity index (χ4v) is 2.61. The Morgan fingerprint density at radius 1 is 1.22 bits per heavy atom. The SMILES string of the molecule is CCS(=O)(=O)c1ccc(C(CO)NC(C)C)cc1. The molecule has 1 atom stereocenters.